The van der Waals surface area contributed by atoms with Gasteiger partial charge in [-0.1, -0.05) is 0 Å². The van der Waals surface area contributed by atoms with Crippen LogP contribution < -0.4 is 11.3 Å². The minimum Gasteiger partial charge on any atom is -0.337 e. The Balaban J connectivity index is 3.44. The van der Waals surface area contributed by atoms with Gasteiger partial charge in [-0.25, -0.2) is 4.68 Å². The minimum atomic E-state index is -4.54. The van der Waals surface area contributed by atoms with E-state index in [1.807, 2.05) is 0 Å². The number of hydrogen-bond acceptors (Lipinski definition) is 2. The zero-order valence-corrected chi connectivity index (χ0v) is 7.78. The molecule has 1 heterocycles. The lowest BCUT2D eigenvalue weighted by molar-refractivity contribution is -0.143. The lowest BCUT2D eigenvalue weighted by Crippen LogP contribution is -2.34. The van der Waals surface area contributed by atoms with Crippen LogP contribution >= 0.6 is 15.9 Å². The number of halogens is 4. The zero-order valence-electron chi connectivity index (χ0n) is 6.19. The van der Waals surface area contributed by atoms with Crippen molar-refractivity contribution < 1.29 is 13.2 Å². The van der Waals surface area contributed by atoms with Crippen LogP contribution in [0.2, 0.25) is 0 Å². The molecule has 0 aliphatic carbocycles. The van der Waals surface area contributed by atoms with E-state index in [9.17, 15) is 13.2 Å². The third-order valence-corrected chi connectivity index (χ3v) is 2.04. The molecule has 0 unspecified atom stereocenters. The van der Waals surface area contributed by atoms with Crippen LogP contribution in [0.3, 0.4) is 0 Å². The van der Waals surface area contributed by atoms with Crippen LogP contribution in [0.1, 0.15) is 5.69 Å². The van der Waals surface area contributed by atoms with Gasteiger partial charge in [0.2, 0.25) is 0 Å². The maximum atomic E-state index is 12.2. The van der Waals surface area contributed by atoms with Gasteiger partial charge in [0, 0.05) is 0 Å². The second-order valence-corrected chi connectivity index (χ2v) is 3.14. The fourth-order valence-corrected chi connectivity index (χ4v) is 1.10. The lowest BCUT2D eigenvalue weighted by Gasteiger charge is -2.11. The Labute approximate surface area is 79.6 Å². The number of alkyl halides is 3. The molecule has 72 valence electrons. The molecule has 3 nitrogen and oxygen atoms in total. The highest BCUT2D eigenvalue weighted by Crippen LogP contribution is 2.27. The topological polar surface area (TPSA) is 54.8 Å². The number of rotatable bonds is 0. The quantitative estimate of drug-likeness (QED) is 0.678. The van der Waals surface area contributed by atoms with Crippen molar-refractivity contribution in [3.05, 3.63) is 27.8 Å². The highest BCUT2D eigenvalue weighted by Gasteiger charge is 2.33. The van der Waals surface area contributed by atoms with Crippen LogP contribution in [0, 0.1) is 5.41 Å². The van der Waals surface area contributed by atoms with Crippen molar-refractivity contribution in [3.63, 3.8) is 0 Å². The zero-order chi connectivity index (χ0) is 10.2. The average molecular weight is 256 g/mol. The highest BCUT2D eigenvalue weighted by molar-refractivity contribution is 9.10. The number of nitrogen functional groups attached to an aromatic ring is 1. The summed E-state index contributed by atoms with van der Waals surface area (Å²) in [6.45, 7) is 0. The van der Waals surface area contributed by atoms with E-state index >= 15 is 0 Å². The minimum absolute atomic E-state index is 0.211. The molecule has 0 fully saturated rings. The van der Waals surface area contributed by atoms with Crippen molar-refractivity contribution in [2.75, 3.05) is 5.84 Å². The maximum Gasteiger partial charge on any atom is 0.433 e. The van der Waals surface area contributed by atoms with Crippen LogP contribution in [0.25, 0.3) is 0 Å². The summed E-state index contributed by atoms with van der Waals surface area (Å²) in [5, 5.41) is 7.16. The Morgan fingerprint density at radius 3 is 2.38 bits per heavy atom. The average Bonchev–Trinajstić information content (AvgIpc) is 1.98. The molecule has 0 spiro atoms. The van der Waals surface area contributed by atoms with Gasteiger partial charge in [-0.2, -0.15) is 13.2 Å². The van der Waals surface area contributed by atoms with Gasteiger partial charge in [-0.3, -0.25) is 5.41 Å². The fraction of sp³-hybridized carbons (Fsp3) is 0.167. The lowest BCUT2D eigenvalue weighted by atomic mass is 10.3. The predicted molar refractivity (Wildman–Crippen MR) is 43.1 cm³/mol. The molecular weight excluding hydrogens is 251 g/mol. The van der Waals surface area contributed by atoms with E-state index in [1.54, 1.807) is 0 Å². The van der Waals surface area contributed by atoms with Gasteiger partial charge in [0.15, 0.2) is 5.49 Å². The van der Waals surface area contributed by atoms with Crippen LogP contribution in [0.5, 0.6) is 0 Å². The molecule has 0 bridgehead atoms. The monoisotopic (exact) mass is 255 g/mol. The number of nitrogens with zero attached hydrogens (tertiary/aromatic N) is 1. The van der Waals surface area contributed by atoms with Crippen molar-refractivity contribution in [3.8, 4) is 0 Å². The molecule has 0 atom stereocenters. The number of pyridine rings is 1. The summed E-state index contributed by atoms with van der Waals surface area (Å²) in [7, 11) is 0. The van der Waals surface area contributed by atoms with Gasteiger partial charge in [0.05, 0.1) is 4.47 Å². The van der Waals surface area contributed by atoms with Crippen molar-refractivity contribution >= 4 is 15.9 Å². The normalized spacial score (nSPS) is 11.7. The molecule has 0 amide bonds. The number of nitrogens with two attached hydrogens (primary N) is 1. The SMILES string of the molecule is N=c1c(Br)ccc(C(F)(F)F)n1N. The molecule has 0 radical (unpaired) electrons. The Morgan fingerprint density at radius 1 is 1.38 bits per heavy atom. The summed E-state index contributed by atoms with van der Waals surface area (Å²) >= 11 is 2.89. The van der Waals surface area contributed by atoms with E-state index < -0.39 is 17.4 Å². The van der Waals surface area contributed by atoms with Gasteiger partial charge in [0.1, 0.15) is 5.69 Å². The smallest absolute Gasteiger partial charge is 0.337 e. The predicted octanol–water partition coefficient (Wildman–Crippen LogP) is 1.46. The van der Waals surface area contributed by atoms with Crippen LogP contribution in [-0.2, 0) is 6.18 Å². The van der Waals surface area contributed by atoms with Crippen LogP contribution in [-0.4, -0.2) is 4.68 Å². The van der Waals surface area contributed by atoms with Crippen LogP contribution in [0.15, 0.2) is 16.6 Å². The summed E-state index contributed by atoms with van der Waals surface area (Å²) in [5.74, 6) is 5.05. The number of hydrogen-bond donors (Lipinski definition) is 2. The van der Waals surface area contributed by atoms with Crippen LogP contribution in [0.4, 0.5) is 13.2 Å². The van der Waals surface area contributed by atoms with E-state index in [4.69, 9.17) is 11.3 Å². The second-order valence-electron chi connectivity index (χ2n) is 2.28. The third kappa shape index (κ3) is 1.85. The molecule has 3 N–H and O–H groups in total. The van der Waals surface area contributed by atoms with Gasteiger partial charge in [-0.05, 0) is 28.1 Å². The Kier molecular flexibility index (Phi) is 2.38. The first-order valence-corrected chi connectivity index (χ1v) is 3.92. The van der Waals surface area contributed by atoms with E-state index in [2.05, 4.69) is 15.9 Å². The Bertz CT molecular complexity index is 382. The molecule has 13 heavy (non-hydrogen) atoms. The molecule has 7 heteroatoms. The molecule has 0 saturated carbocycles. The first-order valence-electron chi connectivity index (χ1n) is 3.12. The maximum absolute atomic E-state index is 12.2. The number of nitrogens with one attached hydrogen (secondary N) is 1. The van der Waals surface area contributed by atoms with Crippen molar-refractivity contribution in [2.45, 2.75) is 6.18 Å². The van der Waals surface area contributed by atoms with E-state index in [1.165, 1.54) is 0 Å². The van der Waals surface area contributed by atoms with Gasteiger partial charge in [-0.15, -0.1) is 0 Å². The molecule has 0 saturated heterocycles. The van der Waals surface area contributed by atoms with Gasteiger partial charge in [0.25, 0.3) is 0 Å². The van der Waals surface area contributed by atoms with Crippen molar-refractivity contribution in [1.29, 1.82) is 5.41 Å². The molecule has 1 aromatic rings. The van der Waals surface area contributed by atoms with E-state index in [-0.39, 0.29) is 9.15 Å². The molecule has 1 aromatic heterocycles. The van der Waals surface area contributed by atoms with Crippen molar-refractivity contribution in [1.82, 2.24) is 4.68 Å². The highest BCUT2D eigenvalue weighted by atomic mass is 79.9. The Hall–Kier alpha value is -0.980. The summed E-state index contributed by atoms with van der Waals surface area (Å²) in [6.07, 6.45) is -4.54. The summed E-state index contributed by atoms with van der Waals surface area (Å²) < 4.78 is 37.0. The first kappa shape index (κ1) is 10.1. The largest absolute Gasteiger partial charge is 0.433 e. The third-order valence-electron chi connectivity index (χ3n) is 1.40. The standard InChI is InChI=1S/C6H5BrF3N3/c7-3-1-2-4(6(8,9)10)13(12)5(3)11/h1-2,11H,12H2. The molecular formula is C6H5BrF3N3. The van der Waals surface area contributed by atoms with Gasteiger partial charge >= 0.3 is 6.18 Å². The summed E-state index contributed by atoms with van der Waals surface area (Å²) in [6, 6.07) is 1.94. The van der Waals surface area contributed by atoms with E-state index in [0.29, 0.717) is 0 Å². The molecule has 0 aliphatic rings. The van der Waals surface area contributed by atoms with Crippen molar-refractivity contribution in [2.24, 2.45) is 0 Å². The summed E-state index contributed by atoms with van der Waals surface area (Å²) in [5.41, 5.74) is -1.48. The molecule has 1 rings (SSSR count). The Morgan fingerprint density at radius 2 is 1.92 bits per heavy atom. The van der Waals surface area contributed by atoms with E-state index in [0.717, 1.165) is 12.1 Å². The molecule has 0 aliphatic heterocycles. The summed E-state index contributed by atoms with van der Waals surface area (Å²) in [4.78, 5) is 0. The number of aromatic nitrogens is 1. The van der Waals surface area contributed by atoms with Gasteiger partial charge < -0.3 is 5.84 Å². The fourth-order valence-electron chi connectivity index (χ4n) is 0.778. The first-order chi connectivity index (χ1) is 5.84. The molecule has 0 aromatic carbocycles. The second kappa shape index (κ2) is 3.06.